The molecule has 2 heterocycles. The summed E-state index contributed by atoms with van der Waals surface area (Å²) < 4.78 is 0. The van der Waals surface area contributed by atoms with Gasteiger partial charge in [-0.1, -0.05) is 12.1 Å². The monoisotopic (exact) mass is 311 g/mol. The molecular weight excluding hydrogens is 290 g/mol. The summed E-state index contributed by atoms with van der Waals surface area (Å²) in [5.74, 6) is -0.0592. The molecule has 0 spiro atoms. The minimum absolute atomic E-state index is 0.0592. The number of hydrogen-bond donors (Lipinski definition) is 2. The van der Waals surface area contributed by atoms with Gasteiger partial charge in [-0.15, -0.1) is 0 Å². The van der Waals surface area contributed by atoms with Crippen molar-refractivity contribution in [1.82, 2.24) is 25.5 Å². The molecule has 0 radical (unpaired) electrons. The first-order valence-corrected chi connectivity index (χ1v) is 7.79. The van der Waals surface area contributed by atoms with E-state index in [2.05, 4.69) is 31.6 Å². The summed E-state index contributed by atoms with van der Waals surface area (Å²) in [6, 6.07) is 8.05. The Morgan fingerprint density at radius 2 is 2.35 bits per heavy atom. The van der Waals surface area contributed by atoms with Gasteiger partial charge in [0.05, 0.1) is 5.69 Å². The van der Waals surface area contributed by atoms with Crippen LogP contribution < -0.4 is 10.6 Å². The van der Waals surface area contributed by atoms with Crippen LogP contribution in [0.3, 0.4) is 0 Å². The van der Waals surface area contributed by atoms with E-state index in [1.54, 1.807) is 25.6 Å². The van der Waals surface area contributed by atoms with Crippen LogP contribution in [0.25, 0.3) is 0 Å². The lowest BCUT2D eigenvalue weighted by atomic mass is 10.0. The van der Waals surface area contributed by atoms with E-state index < -0.39 is 0 Å². The zero-order chi connectivity index (χ0) is 16.1. The second-order valence-electron chi connectivity index (χ2n) is 5.59. The zero-order valence-electron chi connectivity index (χ0n) is 13.2. The molecule has 6 heteroatoms. The standard InChI is InChI=1S/C17H21N5O/c1-18-17(23)14-4-2-3-13(9-14)16-11-20-7-8-22(16)12-15-10-19-5-6-21-15/h2-6,9-10,16,20H,7-8,11-12H2,1H3,(H,18,23)/t16-/m0/s1. The largest absolute Gasteiger partial charge is 0.355 e. The van der Waals surface area contributed by atoms with Crippen LogP contribution in [0.15, 0.2) is 42.9 Å². The van der Waals surface area contributed by atoms with Crippen molar-refractivity contribution < 1.29 is 4.79 Å². The molecule has 1 aromatic heterocycles. The summed E-state index contributed by atoms with van der Waals surface area (Å²) in [4.78, 5) is 22.8. The third-order valence-electron chi connectivity index (χ3n) is 4.10. The Morgan fingerprint density at radius 3 is 3.13 bits per heavy atom. The summed E-state index contributed by atoms with van der Waals surface area (Å²) in [6.07, 6.45) is 5.21. The molecule has 0 bridgehead atoms. The molecule has 0 saturated carbocycles. The Hall–Kier alpha value is -2.31. The van der Waals surface area contributed by atoms with Gasteiger partial charge in [0.2, 0.25) is 0 Å². The van der Waals surface area contributed by atoms with Gasteiger partial charge in [0.15, 0.2) is 0 Å². The Labute approximate surface area is 135 Å². The van der Waals surface area contributed by atoms with E-state index in [9.17, 15) is 4.79 Å². The number of amides is 1. The molecule has 1 amide bonds. The Bertz CT molecular complexity index is 661. The van der Waals surface area contributed by atoms with Gasteiger partial charge in [0.1, 0.15) is 0 Å². The Balaban J connectivity index is 1.82. The second-order valence-corrected chi connectivity index (χ2v) is 5.59. The molecule has 1 fully saturated rings. The smallest absolute Gasteiger partial charge is 0.251 e. The van der Waals surface area contributed by atoms with Crippen molar-refractivity contribution in [3.63, 3.8) is 0 Å². The molecule has 2 N–H and O–H groups in total. The lowest BCUT2D eigenvalue weighted by molar-refractivity contribution is 0.0962. The highest BCUT2D eigenvalue weighted by molar-refractivity contribution is 5.94. The van der Waals surface area contributed by atoms with E-state index in [1.165, 1.54) is 0 Å². The number of nitrogens with one attached hydrogen (secondary N) is 2. The molecule has 1 saturated heterocycles. The molecular formula is C17H21N5O. The number of hydrogen-bond acceptors (Lipinski definition) is 5. The molecule has 1 aliphatic heterocycles. The van der Waals surface area contributed by atoms with Crippen LogP contribution in [0.1, 0.15) is 27.7 Å². The second kappa shape index (κ2) is 7.30. The highest BCUT2D eigenvalue weighted by atomic mass is 16.1. The highest BCUT2D eigenvalue weighted by Gasteiger charge is 2.24. The molecule has 3 rings (SSSR count). The lowest BCUT2D eigenvalue weighted by Gasteiger charge is -2.36. The summed E-state index contributed by atoms with van der Waals surface area (Å²) in [7, 11) is 1.65. The van der Waals surface area contributed by atoms with Gasteiger partial charge in [-0.3, -0.25) is 19.7 Å². The topological polar surface area (TPSA) is 70.2 Å². The van der Waals surface area contributed by atoms with Crippen LogP contribution >= 0.6 is 0 Å². The van der Waals surface area contributed by atoms with Gasteiger partial charge < -0.3 is 10.6 Å². The lowest BCUT2D eigenvalue weighted by Crippen LogP contribution is -2.45. The van der Waals surface area contributed by atoms with Crippen molar-refractivity contribution >= 4 is 5.91 Å². The highest BCUT2D eigenvalue weighted by Crippen LogP contribution is 2.24. The number of rotatable bonds is 4. The van der Waals surface area contributed by atoms with E-state index in [0.29, 0.717) is 5.56 Å². The number of nitrogens with zero attached hydrogens (tertiary/aromatic N) is 3. The maximum absolute atomic E-state index is 11.9. The number of carbonyl (C=O) groups is 1. The van der Waals surface area contributed by atoms with Crippen molar-refractivity contribution in [2.24, 2.45) is 0 Å². The van der Waals surface area contributed by atoms with Crippen molar-refractivity contribution in [1.29, 1.82) is 0 Å². The first kappa shape index (κ1) is 15.6. The van der Waals surface area contributed by atoms with Crippen LogP contribution in [0, 0.1) is 0 Å². The first-order valence-electron chi connectivity index (χ1n) is 7.79. The average Bonchev–Trinajstić information content (AvgIpc) is 2.62. The molecule has 2 aromatic rings. The summed E-state index contributed by atoms with van der Waals surface area (Å²) in [5.41, 5.74) is 2.79. The molecule has 1 aromatic carbocycles. The average molecular weight is 311 g/mol. The fourth-order valence-electron chi connectivity index (χ4n) is 2.92. The predicted octanol–water partition coefficient (Wildman–Crippen LogP) is 0.983. The van der Waals surface area contributed by atoms with Crippen molar-refractivity contribution in [3.8, 4) is 0 Å². The third-order valence-corrected chi connectivity index (χ3v) is 4.10. The van der Waals surface area contributed by atoms with Crippen LogP contribution in [0.5, 0.6) is 0 Å². The van der Waals surface area contributed by atoms with Gasteiger partial charge in [-0.2, -0.15) is 0 Å². The number of carbonyl (C=O) groups excluding carboxylic acids is 1. The zero-order valence-corrected chi connectivity index (χ0v) is 13.2. The molecule has 0 unspecified atom stereocenters. The number of aromatic nitrogens is 2. The minimum Gasteiger partial charge on any atom is -0.355 e. The van der Waals surface area contributed by atoms with E-state index in [1.807, 2.05) is 18.2 Å². The summed E-state index contributed by atoms with van der Waals surface area (Å²) in [5, 5.41) is 6.11. The summed E-state index contributed by atoms with van der Waals surface area (Å²) >= 11 is 0. The SMILES string of the molecule is CNC(=O)c1cccc([C@@H]2CNCCN2Cc2cnccn2)c1. The van der Waals surface area contributed by atoms with Gasteiger partial charge in [-0.05, 0) is 17.7 Å². The van der Waals surface area contributed by atoms with Crippen molar-refractivity contribution in [3.05, 3.63) is 59.7 Å². The fraction of sp³-hybridized carbons (Fsp3) is 0.353. The Morgan fingerprint density at radius 1 is 1.43 bits per heavy atom. The maximum Gasteiger partial charge on any atom is 0.251 e. The van der Waals surface area contributed by atoms with E-state index in [4.69, 9.17) is 0 Å². The van der Waals surface area contributed by atoms with E-state index >= 15 is 0 Å². The van der Waals surface area contributed by atoms with Gasteiger partial charge in [0, 0.05) is 63.4 Å². The molecule has 1 atom stereocenters. The Kier molecular flexibility index (Phi) is 4.95. The van der Waals surface area contributed by atoms with Gasteiger partial charge in [0.25, 0.3) is 5.91 Å². The van der Waals surface area contributed by atoms with E-state index in [-0.39, 0.29) is 11.9 Å². The molecule has 1 aliphatic rings. The molecule has 120 valence electrons. The first-order chi connectivity index (χ1) is 11.3. The van der Waals surface area contributed by atoms with Crippen LogP contribution in [-0.2, 0) is 6.54 Å². The van der Waals surface area contributed by atoms with Crippen LogP contribution in [0.2, 0.25) is 0 Å². The third kappa shape index (κ3) is 3.72. The van der Waals surface area contributed by atoms with Crippen LogP contribution in [-0.4, -0.2) is 47.5 Å². The van der Waals surface area contributed by atoms with E-state index in [0.717, 1.165) is 37.4 Å². The quantitative estimate of drug-likeness (QED) is 0.881. The van der Waals surface area contributed by atoms with Crippen molar-refractivity contribution in [2.75, 3.05) is 26.7 Å². The number of benzene rings is 1. The molecule has 6 nitrogen and oxygen atoms in total. The fourth-order valence-corrected chi connectivity index (χ4v) is 2.92. The molecule has 0 aliphatic carbocycles. The predicted molar refractivity (Wildman–Crippen MR) is 87.9 cm³/mol. The minimum atomic E-state index is -0.0592. The summed E-state index contributed by atoms with van der Waals surface area (Å²) in [6.45, 7) is 3.50. The molecule has 23 heavy (non-hydrogen) atoms. The number of piperazine rings is 1. The van der Waals surface area contributed by atoms with Crippen molar-refractivity contribution in [2.45, 2.75) is 12.6 Å². The van der Waals surface area contributed by atoms with Crippen LogP contribution in [0.4, 0.5) is 0 Å². The van der Waals surface area contributed by atoms with Gasteiger partial charge in [-0.25, -0.2) is 0 Å². The van der Waals surface area contributed by atoms with Gasteiger partial charge >= 0.3 is 0 Å². The maximum atomic E-state index is 11.9. The normalized spacial score (nSPS) is 18.6.